The molecule has 0 fully saturated rings. The van der Waals surface area contributed by atoms with Crippen LogP contribution < -0.4 is 10.1 Å². The molecule has 0 saturated heterocycles. The second-order valence-electron chi connectivity index (χ2n) is 5.04. The number of nitrogens with zero attached hydrogens (tertiary/aromatic N) is 1. The van der Waals surface area contributed by atoms with Gasteiger partial charge in [0.15, 0.2) is 0 Å². The summed E-state index contributed by atoms with van der Waals surface area (Å²) < 4.78 is 18.1. The molecule has 0 spiro atoms. The Labute approximate surface area is 128 Å². The number of aliphatic hydroxyl groups excluding tert-OH is 1. The standard InChI is InChI=1S/C16H19FN2O3/c1-11-15(20)14(10-19(11)2)16(21)18-8-3-9-22-13-6-4-12(17)5-7-13/h4-7,20H,1,3,8-10H2,2H3,(H,18,21). The minimum absolute atomic E-state index is 0.0532. The van der Waals surface area contributed by atoms with E-state index in [-0.39, 0.29) is 17.5 Å². The number of nitrogens with one attached hydrogen (secondary N) is 1. The number of likely N-dealkylation sites (N-methyl/N-ethyl adjacent to an activating group) is 1. The van der Waals surface area contributed by atoms with Gasteiger partial charge in [-0.3, -0.25) is 4.79 Å². The van der Waals surface area contributed by atoms with E-state index in [0.29, 0.717) is 43.1 Å². The Kier molecular flexibility index (Phi) is 5.04. The van der Waals surface area contributed by atoms with E-state index in [0.717, 1.165) is 0 Å². The molecule has 0 aliphatic carbocycles. The highest BCUT2D eigenvalue weighted by atomic mass is 19.1. The van der Waals surface area contributed by atoms with Crippen molar-refractivity contribution in [2.75, 3.05) is 26.7 Å². The van der Waals surface area contributed by atoms with Gasteiger partial charge in [0, 0.05) is 13.6 Å². The maximum atomic E-state index is 12.7. The molecule has 0 aromatic heterocycles. The van der Waals surface area contributed by atoms with Gasteiger partial charge in [-0.2, -0.15) is 0 Å². The summed E-state index contributed by atoms with van der Waals surface area (Å²) in [5, 5.41) is 12.5. The van der Waals surface area contributed by atoms with Crippen molar-refractivity contribution in [3.05, 3.63) is 53.7 Å². The summed E-state index contributed by atoms with van der Waals surface area (Å²) in [5.74, 6) is -0.0787. The molecule has 0 atom stereocenters. The van der Waals surface area contributed by atoms with Gasteiger partial charge in [0.1, 0.15) is 17.3 Å². The number of hydrogen-bond acceptors (Lipinski definition) is 4. The van der Waals surface area contributed by atoms with Crippen molar-refractivity contribution in [3.63, 3.8) is 0 Å². The van der Waals surface area contributed by atoms with Gasteiger partial charge in [0.2, 0.25) is 0 Å². The summed E-state index contributed by atoms with van der Waals surface area (Å²) in [5.41, 5.74) is 0.775. The summed E-state index contributed by atoms with van der Waals surface area (Å²) in [6, 6.07) is 5.76. The summed E-state index contributed by atoms with van der Waals surface area (Å²) >= 11 is 0. The predicted molar refractivity (Wildman–Crippen MR) is 80.9 cm³/mol. The zero-order valence-corrected chi connectivity index (χ0v) is 12.4. The van der Waals surface area contributed by atoms with E-state index in [9.17, 15) is 14.3 Å². The molecule has 1 aromatic rings. The first-order valence-electron chi connectivity index (χ1n) is 6.98. The number of ether oxygens (including phenoxy) is 1. The molecule has 118 valence electrons. The maximum absolute atomic E-state index is 12.7. The van der Waals surface area contributed by atoms with Crippen LogP contribution in [0.3, 0.4) is 0 Å². The molecule has 0 radical (unpaired) electrons. The highest BCUT2D eigenvalue weighted by Crippen LogP contribution is 2.22. The van der Waals surface area contributed by atoms with Crippen LogP contribution in [0.1, 0.15) is 6.42 Å². The van der Waals surface area contributed by atoms with Crippen LogP contribution in [0.5, 0.6) is 5.75 Å². The third-order valence-corrected chi connectivity index (χ3v) is 3.38. The van der Waals surface area contributed by atoms with Gasteiger partial charge in [-0.15, -0.1) is 0 Å². The second kappa shape index (κ2) is 6.98. The van der Waals surface area contributed by atoms with E-state index in [4.69, 9.17) is 4.74 Å². The van der Waals surface area contributed by atoms with Crippen LogP contribution in [-0.2, 0) is 4.79 Å². The van der Waals surface area contributed by atoms with Crippen LogP contribution in [0.4, 0.5) is 4.39 Å². The lowest BCUT2D eigenvalue weighted by Crippen LogP contribution is -2.29. The van der Waals surface area contributed by atoms with Crippen LogP contribution in [-0.4, -0.2) is 42.7 Å². The molecule has 22 heavy (non-hydrogen) atoms. The second-order valence-corrected chi connectivity index (χ2v) is 5.04. The first kappa shape index (κ1) is 15.9. The number of amides is 1. The van der Waals surface area contributed by atoms with Crippen LogP contribution in [0.2, 0.25) is 0 Å². The third kappa shape index (κ3) is 3.78. The fourth-order valence-corrected chi connectivity index (χ4v) is 2.04. The van der Waals surface area contributed by atoms with Gasteiger partial charge in [-0.05, 0) is 30.7 Å². The average Bonchev–Trinajstić information content (AvgIpc) is 2.76. The molecule has 5 nitrogen and oxygen atoms in total. The first-order chi connectivity index (χ1) is 10.5. The van der Waals surface area contributed by atoms with Gasteiger partial charge in [0.05, 0.1) is 24.4 Å². The van der Waals surface area contributed by atoms with E-state index in [2.05, 4.69) is 11.9 Å². The van der Waals surface area contributed by atoms with Crippen molar-refractivity contribution in [2.45, 2.75) is 6.42 Å². The normalized spacial score (nSPS) is 14.5. The molecule has 1 aliphatic heterocycles. The Bertz CT molecular complexity index is 596. The molecule has 0 unspecified atom stereocenters. The fraction of sp³-hybridized carbons (Fsp3) is 0.312. The Balaban J connectivity index is 1.70. The van der Waals surface area contributed by atoms with Crippen LogP contribution >= 0.6 is 0 Å². The van der Waals surface area contributed by atoms with Gasteiger partial charge >= 0.3 is 0 Å². The maximum Gasteiger partial charge on any atom is 0.252 e. The van der Waals surface area contributed by atoms with Crippen molar-refractivity contribution < 1.29 is 19.0 Å². The number of carbonyl (C=O) groups excluding carboxylic acids is 1. The van der Waals surface area contributed by atoms with Crippen LogP contribution in [0, 0.1) is 5.82 Å². The Morgan fingerprint density at radius 3 is 2.73 bits per heavy atom. The molecule has 2 N–H and O–H groups in total. The third-order valence-electron chi connectivity index (χ3n) is 3.38. The van der Waals surface area contributed by atoms with Crippen LogP contribution in [0.25, 0.3) is 0 Å². The number of halogens is 1. The molecule has 0 saturated carbocycles. The average molecular weight is 306 g/mol. The minimum atomic E-state index is -0.309. The monoisotopic (exact) mass is 306 g/mol. The molecule has 1 amide bonds. The molecule has 2 rings (SSSR count). The van der Waals surface area contributed by atoms with Gasteiger partial charge < -0.3 is 20.1 Å². The highest BCUT2D eigenvalue weighted by Gasteiger charge is 2.26. The van der Waals surface area contributed by atoms with Crippen molar-refractivity contribution in [3.8, 4) is 5.75 Å². The molecule has 6 heteroatoms. The van der Waals surface area contributed by atoms with Crippen molar-refractivity contribution in [2.24, 2.45) is 0 Å². The van der Waals surface area contributed by atoms with Gasteiger partial charge in [0.25, 0.3) is 5.91 Å². The lowest BCUT2D eigenvalue weighted by molar-refractivity contribution is -0.117. The molecular formula is C16H19FN2O3. The molecule has 1 aromatic carbocycles. The zero-order chi connectivity index (χ0) is 16.1. The smallest absolute Gasteiger partial charge is 0.252 e. The van der Waals surface area contributed by atoms with Crippen molar-refractivity contribution in [1.82, 2.24) is 10.2 Å². The lowest BCUT2D eigenvalue weighted by Gasteiger charge is -2.11. The Hall–Kier alpha value is -2.50. The largest absolute Gasteiger partial charge is 0.505 e. The summed E-state index contributed by atoms with van der Waals surface area (Å²) in [7, 11) is 1.76. The van der Waals surface area contributed by atoms with Gasteiger partial charge in [-0.25, -0.2) is 4.39 Å². The van der Waals surface area contributed by atoms with Gasteiger partial charge in [-0.1, -0.05) is 6.58 Å². The Morgan fingerprint density at radius 2 is 2.14 bits per heavy atom. The zero-order valence-electron chi connectivity index (χ0n) is 12.4. The van der Waals surface area contributed by atoms with Crippen molar-refractivity contribution >= 4 is 5.91 Å². The van der Waals surface area contributed by atoms with E-state index in [1.807, 2.05) is 0 Å². The Morgan fingerprint density at radius 1 is 1.45 bits per heavy atom. The number of benzene rings is 1. The fourth-order valence-electron chi connectivity index (χ4n) is 2.04. The molecule has 0 bridgehead atoms. The summed E-state index contributed by atoms with van der Waals surface area (Å²) in [4.78, 5) is 13.6. The number of hydrogen-bond donors (Lipinski definition) is 2. The van der Waals surface area contributed by atoms with E-state index in [1.165, 1.54) is 12.1 Å². The van der Waals surface area contributed by atoms with E-state index >= 15 is 0 Å². The first-order valence-corrected chi connectivity index (χ1v) is 6.98. The van der Waals surface area contributed by atoms with E-state index < -0.39 is 0 Å². The van der Waals surface area contributed by atoms with Crippen molar-refractivity contribution in [1.29, 1.82) is 0 Å². The lowest BCUT2D eigenvalue weighted by atomic mass is 10.2. The molecule has 1 aliphatic rings. The number of carbonyl (C=O) groups is 1. The quantitative estimate of drug-likeness (QED) is 0.789. The number of rotatable bonds is 6. The minimum Gasteiger partial charge on any atom is -0.505 e. The summed E-state index contributed by atoms with van der Waals surface area (Å²) in [6.07, 6.45) is 0.605. The molecule has 1 heterocycles. The van der Waals surface area contributed by atoms with Crippen LogP contribution in [0.15, 0.2) is 47.9 Å². The highest BCUT2D eigenvalue weighted by molar-refractivity contribution is 5.95. The van der Waals surface area contributed by atoms with E-state index in [1.54, 1.807) is 24.1 Å². The number of aliphatic hydroxyl groups is 1. The summed E-state index contributed by atoms with van der Waals surface area (Å²) in [6.45, 7) is 4.87. The SMILES string of the molecule is C=C1C(O)=C(C(=O)NCCCOc2ccc(F)cc2)CN1C. The predicted octanol–water partition coefficient (Wildman–Crippen LogP) is 1.98. The topological polar surface area (TPSA) is 61.8 Å². The molecular weight excluding hydrogens is 287 g/mol.